The molecule has 0 radical (unpaired) electrons. The van der Waals surface area contributed by atoms with Gasteiger partial charge in [-0.05, 0) is 56.0 Å². The van der Waals surface area contributed by atoms with Crippen LogP contribution in [-0.2, 0) is 16.1 Å². The molecule has 162 valence electrons. The van der Waals surface area contributed by atoms with Crippen LogP contribution in [0, 0.1) is 6.92 Å². The van der Waals surface area contributed by atoms with Crippen molar-refractivity contribution in [2.45, 2.75) is 59.2 Å². The summed E-state index contributed by atoms with van der Waals surface area (Å²) in [7, 11) is 0. The number of aryl methyl sites for hydroxylation is 1. The molecule has 0 aliphatic carbocycles. The number of nitrogens with one attached hydrogen (secondary N) is 1. The van der Waals surface area contributed by atoms with Crippen LogP contribution in [0.15, 0.2) is 48.5 Å². The van der Waals surface area contributed by atoms with Crippen LogP contribution in [0.2, 0.25) is 5.02 Å². The third-order valence-electron chi connectivity index (χ3n) is 5.07. The minimum atomic E-state index is -0.567. The molecule has 0 aliphatic heterocycles. The fourth-order valence-corrected chi connectivity index (χ4v) is 3.19. The fourth-order valence-electron chi connectivity index (χ4n) is 3.08. The van der Waals surface area contributed by atoms with Gasteiger partial charge in [-0.25, -0.2) is 0 Å². The zero-order valence-electron chi connectivity index (χ0n) is 18.2. The van der Waals surface area contributed by atoms with Crippen molar-refractivity contribution >= 4 is 23.4 Å². The average molecular weight is 431 g/mol. The van der Waals surface area contributed by atoms with E-state index in [9.17, 15) is 9.59 Å². The Bertz CT molecular complexity index is 842. The zero-order valence-corrected chi connectivity index (χ0v) is 18.9. The zero-order chi connectivity index (χ0) is 22.1. The number of halogens is 1. The van der Waals surface area contributed by atoms with E-state index in [-0.39, 0.29) is 24.5 Å². The van der Waals surface area contributed by atoms with Crippen molar-refractivity contribution in [2.24, 2.45) is 0 Å². The second kappa shape index (κ2) is 11.6. The third-order valence-corrected chi connectivity index (χ3v) is 5.50. The minimum Gasteiger partial charge on any atom is -0.484 e. The van der Waals surface area contributed by atoms with Gasteiger partial charge < -0.3 is 15.0 Å². The van der Waals surface area contributed by atoms with Gasteiger partial charge in [0.05, 0.1) is 0 Å². The third kappa shape index (κ3) is 6.77. The molecule has 2 atom stereocenters. The van der Waals surface area contributed by atoms with Crippen LogP contribution in [0.5, 0.6) is 5.75 Å². The summed E-state index contributed by atoms with van der Waals surface area (Å²) in [6.45, 7) is 7.96. The number of ether oxygens (including phenoxy) is 1. The highest BCUT2D eigenvalue weighted by molar-refractivity contribution is 6.31. The Morgan fingerprint density at radius 1 is 1.10 bits per heavy atom. The number of benzene rings is 2. The van der Waals surface area contributed by atoms with Gasteiger partial charge in [0.1, 0.15) is 11.8 Å². The highest BCUT2D eigenvalue weighted by Gasteiger charge is 2.29. The lowest BCUT2D eigenvalue weighted by Gasteiger charge is -2.31. The molecule has 2 rings (SSSR count). The summed E-state index contributed by atoms with van der Waals surface area (Å²) in [6.07, 6.45) is 1.34. The van der Waals surface area contributed by atoms with Crippen LogP contribution in [0.25, 0.3) is 0 Å². The standard InChI is InChI=1S/C24H31ClN2O3/c1-5-18(4)26-24(29)22(6-2)27(15-19-10-8-7-9-11-19)23(28)16-30-20-12-13-21(25)17(3)14-20/h7-14,18,22H,5-6,15-16H2,1-4H3,(H,26,29)/t18-,22+/m1/s1. The van der Waals surface area contributed by atoms with Gasteiger partial charge in [-0.15, -0.1) is 0 Å². The van der Waals surface area contributed by atoms with Gasteiger partial charge in [-0.2, -0.15) is 0 Å². The molecule has 2 aromatic rings. The second-order valence-electron chi connectivity index (χ2n) is 7.45. The molecule has 0 fully saturated rings. The van der Waals surface area contributed by atoms with Gasteiger partial charge in [0.15, 0.2) is 6.61 Å². The van der Waals surface area contributed by atoms with Crippen molar-refractivity contribution in [1.29, 1.82) is 0 Å². The first kappa shape index (κ1) is 23.7. The molecule has 0 aromatic heterocycles. The maximum absolute atomic E-state index is 13.1. The molecule has 30 heavy (non-hydrogen) atoms. The molecule has 0 saturated heterocycles. The largest absolute Gasteiger partial charge is 0.484 e. The summed E-state index contributed by atoms with van der Waals surface area (Å²) in [5, 5.41) is 3.65. The van der Waals surface area contributed by atoms with Crippen LogP contribution >= 0.6 is 11.6 Å². The molecular weight excluding hydrogens is 400 g/mol. The normalized spacial score (nSPS) is 12.7. The number of hydrogen-bond acceptors (Lipinski definition) is 3. The number of hydrogen-bond donors (Lipinski definition) is 1. The van der Waals surface area contributed by atoms with E-state index in [1.165, 1.54) is 0 Å². The number of amides is 2. The average Bonchev–Trinajstić information content (AvgIpc) is 2.74. The van der Waals surface area contributed by atoms with Crippen LogP contribution in [0.1, 0.15) is 44.7 Å². The van der Waals surface area contributed by atoms with E-state index < -0.39 is 6.04 Å². The van der Waals surface area contributed by atoms with Gasteiger partial charge in [0.25, 0.3) is 5.91 Å². The second-order valence-corrected chi connectivity index (χ2v) is 7.86. The molecule has 0 saturated carbocycles. The van der Waals surface area contributed by atoms with E-state index in [1.807, 2.05) is 58.0 Å². The lowest BCUT2D eigenvalue weighted by atomic mass is 10.1. The topological polar surface area (TPSA) is 58.6 Å². The molecule has 0 aliphatic rings. The first-order valence-electron chi connectivity index (χ1n) is 10.4. The Hall–Kier alpha value is -2.53. The number of carbonyl (C=O) groups excluding carboxylic acids is 2. The smallest absolute Gasteiger partial charge is 0.261 e. The van der Waals surface area contributed by atoms with Crippen LogP contribution in [0.3, 0.4) is 0 Å². The van der Waals surface area contributed by atoms with E-state index >= 15 is 0 Å². The van der Waals surface area contributed by atoms with E-state index in [0.717, 1.165) is 17.5 Å². The molecule has 0 bridgehead atoms. The quantitative estimate of drug-likeness (QED) is 0.591. The lowest BCUT2D eigenvalue weighted by Crippen LogP contribution is -2.51. The number of nitrogens with zero attached hydrogens (tertiary/aromatic N) is 1. The maximum Gasteiger partial charge on any atom is 0.261 e. The van der Waals surface area contributed by atoms with Crippen molar-refractivity contribution in [3.05, 3.63) is 64.7 Å². The summed E-state index contributed by atoms with van der Waals surface area (Å²) in [5.74, 6) is 0.193. The summed E-state index contributed by atoms with van der Waals surface area (Å²) < 4.78 is 5.72. The molecule has 0 unspecified atom stereocenters. The molecule has 2 aromatic carbocycles. The van der Waals surface area contributed by atoms with Crippen LogP contribution in [0.4, 0.5) is 0 Å². The van der Waals surface area contributed by atoms with E-state index in [4.69, 9.17) is 16.3 Å². The molecular formula is C24H31ClN2O3. The molecule has 2 amide bonds. The molecule has 1 N–H and O–H groups in total. The summed E-state index contributed by atoms with van der Waals surface area (Å²) in [6, 6.07) is 14.4. The van der Waals surface area contributed by atoms with Crippen molar-refractivity contribution in [1.82, 2.24) is 10.2 Å². The molecule has 0 heterocycles. The van der Waals surface area contributed by atoms with Gasteiger partial charge in [-0.1, -0.05) is 55.8 Å². The Balaban J connectivity index is 2.18. The predicted octanol–water partition coefficient (Wildman–Crippen LogP) is 4.75. The number of rotatable bonds is 10. The van der Waals surface area contributed by atoms with E-state index in [1.54, 1.807) is 23.1 Å². The maximum atomic E-state index is 13.1. The molecule has 5 nitrogen and oxygen atoms in total. The monoisotopic (exact) mass is 430 g/mol. The summed E-state index contributed by atoms with van der Waals surface area (Å²) >= 11 is 6.06. The van der Waals surface area contributed by atoms with Crippen molar-refractivity contribution in [2.75, 3.05) is 6.61 Å². The first-order chi connectivity index (χ1) is 14.3. The van der Waals surface area contributed by atoms with Gasteiger partial charge in [-0.3, -0.25) is 9.59 Å². The van der Waals surface area contributed by atoms with Crippen molar-refractivity contribution in [3.8, 4) is 5.75 Å². The fraction of sp³-hybridized carbons (Fsp3) is 0.417. The molecule has 0 spiro atoms. The Morgan fingerprint density at radius 3 is 2.40 bits per heavy atom. The summed E-state index contributed by atoms with van der Waals surface area (Å²) in [4.78, 5) is 27.6. The Kier molecular flexibility index (Phi) is 9.18. The SMILES string of the molecule is CC[C@@H](C)NC(=O)[C@H](CC)N(Cc1ccccc1)C(=O)COc1ccc(Cl)c(C)c1. The molecule has 6 heteroatoms. The highest BCUT2D eigenvalue weighted by atomic mass is 35.5. The predicted molar refractivity (Wildman–Crippen MR) is 121 cm³/mol. The number of carbonyl (C=O) groups is 2. The van der Waals surface area contributed by atoms with E-state index in [2.05, 4.69) is 5.32 Å². The Morgan fingerprint density at radius 2 is 1.80 bits per heavy atom. The van der Waals surface area contributed by atoms with E-state index in [0.29, 0.717) is 23.7 Å². The minimum absolute atomic E-state index is 0.0496. The first-order valence-corrected chi connectivity index (χ1v) is 10.8. The van der Waals surface area contributed by atoms with Gasteiger partial charge in [0, 0.05) is 17.6 Å². The summed E-state index contributed by atoms with van der Waals surface area (Å²) in [5.41, 5.74) is 1.84. The van der Waals surface area contributed by atoms with Crippen LogP contribution in [-0.4, -0.2) is 35.4 Å². The lowest BCUT2D eigenvalue weighted by molar-refractivity contribution is -0.143. The van der Waals surface area contributed by atoms with Crippen molar-refractivity contribution < 1.29 is 14.3 Å². The highest BCUT2D eigenvalue weighted by Crippen LogP contribution is 2.21. The van der Waals surface area contributed by atoms with Crippen molar-refractivity contribution in [3.63, 3.8) is 0 Å². The van der Waals surface area contributed by atoms with Gasteiger partial charge in [0.2, 0.25) is 5.91 Å². The Labute approximate surface area is 184 Å². The van der Waals surface area contributed by atoms with Gasteiger partial charge >= 0.3 is 0 Å². The van der Waals surface area contributed by atoms with Crippen LogP contribution < -0.4 is 10.1 Å².